The van der Waals surface area contributed by atoms with E-state index in [1.54, 1.807) is 0 Å². The molecule has 2 heteroatoms. The zero-order chi connectivity index (χ0) is 11.8. The third-order valence-electron chi connectivity index (χ3n) is 3.76. The van der Waals surface area contributed by atoms with Gasteiger partial charge in [-0.3, -0.25) is 0 Å². The van der Waals surface area contributed by atoms with Gasteiger partial charge in [0.25, 0.3) is 0 Å². The fourth-order valence-electron chi connectivity index (χ4n) is 2.81. The van der Waals surface area contributed by atoms with Gasteiger partial charge in [0.1, 0.15) is 0 Å². The molecule has 1 aliphatic rings. The summed E-state index contributed by atoms with van der Waals surface area (Å²) >= 11 is 0. The summed E-state index contributed by atoms with van der Waals surface area (Å²) in [6.45, 7) is 10.6. The van der Waals surface area contributed by atoms with E-state index in [-0.39, 0.29) is 0 Å². The summed E-state index contributed by atoms with van der Waals surface area (Å²) in [6, 6.07) is 1.40. The molecule has 1 rings (SSSR count). The van der Waals surface area contributed by atoms with Crippen molar-refractivity contribution in [3.05, 3.63) is 0 Å². The van der Waals surface area contributed by atoms with Crippen molar-refractivity contribution in [2.24, 2.45) is 0 Å². The Balaban J connectivity index is 2.29. The molecule has 0 spiro atoms. The van der Waals surface area contributed by atoms with Crippen LogP contribution in [-0.4, -0.2) is 36.6 Å². The molecule has 2 atom stereocenters. The number of rotatable bonds is 5. The van der Waals surface area contributed by atoms with E-state index in [0.717, 1.165) is 12.6 Å². The van der Waals surface area contributed by atoms with E-state index < -0.39 is 0 Å². The highest BCUT2D eigenvalue weighted by Gasteiger charge is 2.16. The second kappa shape index (κ2) is 8.08. The Bertz CT molecular complexity index is 162. The SMILES string of the molecule is CCNC(C)CC(C)N1CCCCCCC1. The van der Waals surface area contributed by atoms with Crippen LogP contribution in [-0.2, 0) is 0 Å². The highest BCUT2D eigenvalue weighted by atomic mass is 15.1. The van der Waals surface area contributed by atoms with Crippen LogP contribution in [0.2, 0.25) is 0 Å². The van der Waals surface area contributed by atoms with Gasteiger partial charge in [-0.15, -0.1) is 0 Å². The molecule has 1 N–H and O–H groups in total. The van der Waals surface area contributed by atoms with E-state index in [9.17, 15) is 0 Å². The first kappa shape index (κ1) is 14.0. The average Bonchev–Trinajstić information content (AvgIpc) is 2.16. The van der Waals surface area contributed by atoms with Gasteiger partial charge in [-0.2, -0.15) is 0 Å². The second-order valence-corrected chi connectivity index (χ2v) is 5.35. The van der Waals surface area contributed by atoms with Crippen molar-refractivity contribution in [2.45, 2.75) is 71.4 Å². The fraction of sp³-hybridized carbons (Fsp3) is 1.00. The van der Waals surface area contributed by atoms with Gasteiger partial charge in [0.05, 0.1) is 0 Å². The van der Waals surface area contributed by atoms with Gasteiger partial charge in [-0.05, 0) is 52.7 Å². The summed E-state index contributed by atoms with van der Waals surface area (Å²) in [4.78, 5) is 2.70. The van der Waals surface area contributed by atoms with E-state index in [1.165, 1.54) is 51.6 Å². The average molecular weight is 226 g/mol. The molecule has 1 saturated heterocycles. The van der Waals surface area contributed by atoms with Gasteiger partial charge >= 0.3 is 0 Å². The Morgan fingerprint density at radius 2 is 1.56 bits per heavy atom. The molecule has 1 heterocycles. The predicted octanol–water partition coefficient (Wildman–Crippen LogP) is 3.03. The predicted molar refractivity (Wildman–Crippen MR) is 71.9 cm³/mol. The van der Waals surface area contributed by atoms with Crippen LogP contribution in [0.1, 0.15) is 59.3 Å². The second-order valence-electron chi connectivity index (χ2n) is 5.35. The summed E-state index contributed by atoms with van der Waals surface area (Å²) < 4.78 is 0. The summed E-state index contributed by atoms with van der Waals surface area (Å²) in [5, 5.41) is 3.52. The van der Waals surface area contributed by atoms with E-state index >= 15 is 0 Å². The quantitative estimate of drug-likeness (QED) is 0.775. The highest BCUT2D eigenvalue weighted by Crippen LogP contribution is 2.15. The zero-order valence-corrected chi connectivity index (χ0v) is 11.5. The summed E-state index contributed by atoms with van der Waals surface area (Å²) in [6.07, 6.45) is 8.42. The molecule has 0 aromatic carbocycles. The van der Waals surface area contributed by atoms with Gasteiger partial charge in [0.2, 0.25) is 0 Å². The highest BCUT2D eigenvalue weighted by molar-refractivity contribution is 4.74. The topological polar surface area (TPSA) is 15.3 Å². The third kappa shape index (κ3) is 5.31. The Kier molecular flexibility index (Phi) is 7.06. The molecule has 0 bridgehead atoms. The number of hydrogen-bond donors (Lipinski definition) is 1. The lowest BCUT2D eigenvalue weighted by Crippen LogP contribution is -2.40. The van der Waals surface area contributed by atoms with Crippen molar-refractivity contribution in [3.63, 3.8) is 0 Å². The molecule has 1 aliphatic heterocycles. The molecule has 0 aliphatic carbocycles. The van der Waals surface area contributed by atoms with Crippen LogP contribution in [0.15, 0.2) is 0 Å². The molecule has 2 nitrogen and oxygen atoms in total. The first-order valence-electron chi connectivity index (χ1n) is 7.21. The third-order valence-corrected chi connectivity index (χ3v) is 3.76. The Morgan fingerprint density at radius 1 is 1.00 bits per heavy atom. The summed E-state index contributed by atoms with van der Waals surface area (Å²) in [5.74, 6) is 0. The number of nitrogens with one attached hydrogen (secondary N) is 1. The maximum Gasteiger partial charge on any atom is 0.00816 e. The molecule has 0 saturated carbocycles. The Hall–Kier alpha value is -0.0800. The van der Waals surface area contributed by atoms with Crippen LogP contribution in [0.5, 0.6) is 0 Å². The van der Waals surface area contributed by atoms with Gasteiger partial charge < -0.3 is 10.2 Å². The summed E-state index contributed by atoms with van der Waals surface area (Å²) in [7, 11) is 0. The lowest BCUT2D eigenvalue weighted by Gasteiger charge is -2.32. The Labute approximate surface area is 102 Å². The van der Waals surface area contributed by atoms with Gasteiger partial charge in [-0.25, -0.2) is 0 Å². The Morgan fingerprint density at radius 3 is 2.12 bits per heavy atom. The van der Waals surface area contributed by atoms with Gasteiger partial charge in [0, 0.05) is 12.1 Å². The van der Waals surface area contributed by atoms with Crippen LogP contribution in [0.25, 0.3) is 0 Å². The molecule has 1 fully saturated rings. The minimum absolute atomic E-state index is 0.658. The van der Waals surface area contributed by atoms with Crippen molar-refractivity contribution in [3.8, 4) is 0 Å². The molecule has 0 radical (unpaired) electrons. The molecular formula is C14H30N2. The van der Waals surface area contributed by atoms with E-state index in [2.05, 4.69) is 31.0 Å². The van der Waals surface area contributed by atoms with E-state index in [0.29, 0.717) is 6.04 Å². The number of nitrogens with zero attached hydrogens (tertiary/aromatic N) is 1. The van der Waals surface area contributed by atoms with E-state index in [1.807, 2.05) is 0 Å². The molecule has 2 unspecified atom stereocenters. The van der Waals surface area contributed by atoms with Crippen LogP contribution in [0, 0.1) is 0 Å². The van der Waals surface area contributed by atoms with Gasteiger partial charge in [0.15, 0.2) is 0 Å². The van der Waals surface area contributed by atoms with Crippen molar-refractivity contribution in [1.29, 1.82) is 0 Å². The van der Waals surface area contributed by atoms with E-state index in [4.69, 9.17) is 0 Å². The van der Waals surface area contributed by atoms with Crippen molar-refractivity contribution in [2.75, 3.05) is 19.6 Å². The maximum absolute atomic E-state index is 3.52. The standard InChI is InChI=1S/C14H30N2/c1-4-15-13(2)12-14(3)16-10-8-6-5-7-9-11-16/h13-15H,4-12H2,1-3H3. The number of hydrogen-bond acceptors (Lipinski definition) is 2. The monoisotopic (exact) mass is 226 g/mol. The summed E-state index contributed by atoms with van der Waals surface area (Å²) in [5.41, 5.74) is 0. The minimum Gasteiger partial charge on any atom is -0.314 e. The molecule has 0 amide bonds. The molecule has 96 valence electrons. The first-order chi connectivity index (χ1) is 7.74. The normalized spacial score (nSPS) is 23.4. The molecular weight excluding hydrogens is 196 g/mol. The van der Waals surface area contributed by atoms with Crippen molar-refractivity contribution >= 4 is 0 Å². The van der Waals surface area contributed by atoms with Crippen molar-refractivity contribution < 1.29 is 0 Å². The van der Waals surface area contributed by atoms with Crippen molar-refractivity contribution in [1.82, 2.24) is 10.2 Å². The smallest absolute Gasteiger partial charge is 0.00816 e. The largest absolute Gasteiger partial charge is 0.314 e. The maximum atomic E-state index is 3.52. The zero-order valence-electron chi connectivity index (χ0n) is 11.5. The minimum atomic E-state index is 0.658. The molecule has 0 aromatic rings. The molecule has 16 heavy (non-hydrogen) atoms. The van der Waals surface area contributed by atoms with Gasteiger partial charge in [-0.1, -0.05) is 26.2 Å². The molecule has 0 aromatic heterocycles. The fourth-order valence-corrected chi connectivity index (χ4v) is 2.81. The lowest BCUT2D eigenvalue weighted by atomic mass is 10.0. The van der Waals surface area contributed by atoms with Crippen LogP contribution in [0.3, 0.4) is 0 Å². The first-order valence-corrected chi connectivity index (χ1v) is 7.21. The number of likely N-dealkylation sites (tertiary alicyclic amines) is 1. The van der Waals surface area contributed by atoms with Crippen LogP contribution >= 0.6 is 0 Å². The van der Waals surface area contributed by atoms with Crippen LogP contribution < -0.4 is 5.32 Å². The van der Waals surface area contributed by atoms with Crippen LogP contribution in [0.4, 0.5) is 0 Å². The lowest BCUT2D eigenvalue weighted by molar-refractivity contribution is 0.173.